The van der Waals surface area contributed by atoms with Gasteiger partial charge in [0, 0.05) is 6.42 Å². The Balaban J connectivity index is 2.52. The number of oxime groups is 1. The van der Waals surface area contributed by atoms with Gasteiger partial charge in [-0.05, 0) is 13.8 Å². The molecule has 0 aromatic heterocycles. The second-order valence-electron chi connectivity index (χ2n) is 3.12. The second kappa shape index (κ2) is 2.53. The zero-order chi connectivity index (χ0) is 8.48. The maximum absolute atomic E-state index is 10.3. The largest absolute Gasteiger partial charge is 0.481 e. The number of carbonyl (C=O) groups is 1. The maximum atomic E-state index is 10.3. The first kappa shape index (κ1) is 8.04. The van der Waals surface area contributed by atoms with Crippen LogP contribution in [0.3, 0.4) is 0 Å². The average molecular weight is 157 g/mol. The molecule has 0 fully saturated rings. The number of carboxylic acid groups (broad SMARTS) is 1. The van der Waals surface area contributed by atoms with Crippen LogP contribution in [-0.4, -0.2) is 22.4 Å². The number of nitrogens with zero attached hydrogens (tertiary/aromatic N) is 1. The number of hydrogen-bond acceptors (Lipinski definition) is 3. The minimum absolute atomic E-state index is 0.00778. The third-order valence-electron chi connectivity index (χ3n) is 1.58. The van der Waals surface area contributed by atoms with Gasteiger partial charge < -0.3 is 9.94 Å². The van der Waals surface area contributed by atoms with Gasteiger partial charge in [-0.3, -0.25) is 4.79 Å². The third-order valence-corrected chi connectivity index (χ3v) is 1.58. The summed E-state index contributed by atoms with van der Waals surface area (Å²) >= 11 is 0. The van der Waals surface area contributed by atoms with Crippen LogP contribution in [0.4, 0.5) is 0 Å². The van der Waals surface area contributed by atoms with Crippen molar-refractivity contribution in [3.8, 4) is 0 Å². The molecule has 1 aliphatic rings. The molecule has 4 heteroatoms. The van der Waals surface area contributed by atoms with E-state index in [9.17, 15) is 4.79 Å². The summed E-state index contributed by atoms with van der Waals surface area (Å²) < 4.78 is 0. The van der Waals surface area contributed by atoms with Crippen LogP contribution in [0.2, 0.25) is 0 Å². The predicted octanol–water partition coefficient (Wildman–Crippen LogP) is 1.02. The molecule has 0 amide bonds. The number of rotatable bonds is 2. The standard InChI is InChI=1S/C7H11NO3/c1-5-3-7(2,11-8-5)4-6(9)10/h3-4H2,1-2H3,(H,9,10). The number of carboxylic acids is 1. The summed E-state index contributed by atoms with van der Waals surface area (Å²) in [5.74, 6) is -0.850. The Hall–Kier alpha value is -1.06. The molecule has 1 atom stereocenters. The highest BCUT2D eigenvalue weighted by Crippen LogP contribution is 2.26. The van der Waals surface area contributed by atoms with Gasteiger partial charge >= 0.3 is 5.97 Å². The third kappa shape index (κ3) is 1.93. The molecule has 0 spiro atoms. The fraction of sp³-hybridized carbons (Fsp3) is 0.714. The van der Waals surface area contributed by atoms with Crippen molar-refractivity contribution in [1.29, 1.82) is 0 Å². The van der Waals surface area contributed by atoms with Crippen molar-refractivity contribution in [3.05, 3.63) is 0 Å². The van der Waals surface area contributed by atoms with Crippen molar-refractivity contribution < 1.29 is 14.7 Å². The monoisotopic (exact) mass is 157 g/mol. The molecule has 0 radical (unpaired) electrons. The summed E-state index contributed by atoms with van der Waals surface area (Å²) in [7, 11) is 0. The summed E-state index contributed by atoms with van der Waals surface area (Å²) in [6.07, 6.45) is 0.618. The van der Waals surface area contributed by atoms with Crippen LogP contribution < -0.4 is 0 Å². The fourth-order valence-electron chi connectivity index (χ4n) is 1.21. The van der Waals surface area contributed by atoms with Crippen molar-refractivity contribution in [2.45, 2.75) is 32.3 Å². The van der Waals surface area contributed by atoms with Gasteiger partial charge in [-0.1, -0.05) is 5.16 Å². The lowest BCUT2D eigenvalue weighted by Gasteiger charge is -2.17. The van der Waals surface area contributed by atoms with Gasteiger partial charge in [0.2, 0.25) is 0 Å². The molecule has 0 bridgehead atoms. The molecule has 1 heterocycles. The summed E-state index contributed by atoms with van der Waals surface area (Å²) in [6.45, 7) is 3.58. The first-order chi connectivity index (χ1) is 5.02. The minimum Gasteiger partial charge on any atom is -0.481 e. The maximum Gasteiger partial charge on any atom is 0.307 e. The van der Waals surface area contributed by atoms with Crippen molar-refractivity contribution in [2.24, 2.45) is 5.16 Å². The average Bonchev–Trinajstić information content (AvgIpc) is 2.08. The Morgan fingerprint density at radius 1 is 1.91 bits per heavy atom. The van der Waals surface area contributed by atoms with Gasteiger partial charge in [0.05, 0.1) is 12.1 Å². The molecule has 0 aromatic rings. The minimum atomic E-state index is -0.850. The van der Waals surface area contributed by atoms with Crippen molar-refractivity contribution in [3.63, 3.8) is 0 Å². The summed E-state index contributed by atoms with van der Waals surface area (Å²) in [5, 5.41) is 12.2. The predicted molar refractivity (Wildman–Crippen MR) is 39.5 cm³/mol. The van der Waals surface area contributed by atoms with Crippen molar-refractivity contribution in [1.82, 2.24) is 0 Å². The van der Waals surface area contributed by atoms with Crippen LogP contribution in [0, 0.1) is 0 Å². The lowest BCUT2D eigenvalue weighted by molar-refractivity contribution is -0.143. The Bertz CT molecular complexity index is 212. The smallest absolute Gasteiger partial charge is 0.307 e. The van der Waals surface area contributed by atoms with E-state index in [-0.39, 0.29) is 6.42 Å². The van der Waals surface area contributed by atoms with Gasteiger partial charge in [0.1, 0.15) is 0 Å². The quantitative estimate of drug-likeness (QED) is 0.650. The second-order valence-corrected chi connectivity index (χ2v) is 3.12. The lowest BCUT2D eigenvalue weighted by atomic mass is 9.97. The molecule has 1 unspecified atom stereocenters. The van der Waals surface area contributed by atoms with E-state index in [4.69, 9.17) is 9.94 Å². The van der Waals surface area contributed by atoms with E-state index in [1.54, 1.807) is 6.92 Å². The summed E-state index contributed by atoms with van der Waals surface area (Å²) in [5.41, 5.74) is 0.240. The van der Waals surface area contributed by atoms with Crippen LogP contribution in [0.1, 0.15) is 26.7 Å². The molecular weight excluding hydrogens is 146 g/mol. The highest BCUT2D eigenvalue weighted by Gasteiger charge is 2.34. The van der Waals surface area contributed by atoms with Crippen LogP contribution in [-0.2, 0) is 9.63 Å². The van der Waals surface area contributed by atoms with E-state index in [0.29, 0.717) is 6.42 Å². The Morgan fingerprint density at radius 2 is 2.55 bits per heavy atom. The van der Waals surface area contributed by atoms with E-state index in [1.807, 2.05) is 6.92 Å². The summed E-state index contributed by atoms with van der Waals surface area (Å²) in [4.78, 5) is 15.3. The van der Waals surface area contributed by atoms with Crippen LogP contribution in [0.25, 0.3) is 0 Å². The molecular formula is C7H11NO3. The number of aliphatic carboxylic acids is 1. The Kier molecular flexibility index (Phi) is 1.85. The topological polar surface area (TPSA) is 58.9 Å². The molecule has 1 aliphatic heterocycles. The highest BCUT2D eigenvalue weighted by molar-refractivity contribution is 5.84. The van der Waals surface area contributed by atoms with Gasteiger partial charge in [-0.25, -0.2) is 0 Å². The fourth-order valence-corrected chi connectivity index (χ4v) is 1.21. The van der Waals surface area contributed by atoms with Gasteiger partial charge in [-0.15, -0.1) is 0 Å². The Morgan fingerprint density at radius 3 is 2.91 bits per heavy atom. The van der Waals surface area contributed by atoms with Crippen molar-refractivity contribution >= 4 is 11.7 Å². The molecule has 1 N–H and O–H groups in total. The molecule has 0 aliphatic carbocycles. The highest BCUT2D eigenvalue weighted by atomic mass is 16.7. The zero-order valence-corrected chi connectivity index (χ0v) is 6.63. The lowest BCUT2D eigenvalue weighted by Crippen LogP contribution is -2.27. The zero-order valence-electron chi connectivity index (χ0n) is 6.63. The van der Waals surface area contributed by atoms with E-state index < -0.39 is 11.6 Å². The molecule has 4 nitrogen and oxygen atoms in total. The van der Waals surface area contributed by atoms with Gasteiger partial charge in [0.15, 0.2) is 5.60 Å². The first-order valence-corrected chi connectivity index (χ1v) is 3.45. The molecule has 1 rings (SSSR count). The van der Waals surface area contributed by atoms with Crippen molar-refractivity contribution in [2.75, 3.05) is 0 Å². The van der Waals surface area contributed by atoms with E-state index in [0.717, 1.165) is 5.71 Å². The van der Waals surface area contributed by atoms with Crippen LogP contribution >= 0.6 is 0 Å². The van der Waals surface area contributed by atoms with E-state index in [2.05, 4.69) is 5.16 Å². The Labute approximate surface area is 64.8 Å². The van der Waals surface area contributed by atoms with Crippen LogP contribution in [0.15, 0.2) is 5.16 Å². The molecule has 62 valence electrons. The van der Waals surface area contributed by atoms with Gasteiger partial charge in [0.25, 0.3) is 0 Å². The first-order valence-electron chi connectivity index (χ1n) is 3.45. The van der Waals surface area contributed by atoms with Crippen LogP contribution in [0.5, 0.6) is 0 Å². The van der Waals surface area contributed by atoms with Gasteiger partial charge in [-0.2, -0.15) is 0 Å². The summed E-state index contributed by atoms with van der Waals surface area (Å²) in [6, 6.07) is 0. The molecule has 11 heavy (non-hydrogen) atoms. The molecule has 0 aromatic carbocycles. The van der Waals surface area contributed by atoms with E-state index >= 15 is 0 Å². The molecule has 0 saturated heterocycles. The molecule has 0 saturated carbocycles. The van der Waals surface area contributed by atoms with E-state index in [1.165, 1.54) is 0 Å². The normalized spacial score (nSPS) is 29.5. The number of hydrogen-bond donors (Lipinski definition) is 1. The SMILES string of the molecule is CC1=NOC(C)(CC(=O)O)C1.